The zero-order valence-electron chi connectivity index (χ0n) is 8.33. The number of carbonyl (C=O) groups excluding carboxylic acids is 1. The number of anilines is 2. The summed E-state index contributed by atoms with van der Waals surface area (Å²) < 4.78 is 0. The summed E-state index contributed by atoms with van der Waals surface area (Å²) in [6, 6.07) is 0. The van der Waals surface area contributed by atoms with Gasteiger partial charge in [0.1, 0.15) is 11.4 Å². The summed E-state index contributed by atoms with van der Waals surface area (Å²) in [5.41, 5.74) is 3.90. The summed E-state index contributed by atoms with van der Waals surface area (Å²) in [6.45, 7) is 0.281. The fourth-order valence-electron chi connectivity index (χ4n) is 1.03. The van der Waals surface area contributed by atoms with Gasteiger partial charge in [-0.15, -0.1) is 0 Å². The van der Waals surface area contributed by atoms with Gasteiger partial charge in [-0.3, -0.25) is 9.59 Å². The monoisotopic (exact) mass is 220 g/mol. The topological polar surface area (TPSA) is 112 Å². The van der Waals surface area contributed by atoms with Crippen LogP contribution in [0.15, 0.2) is 9.59 Å². The molecule has 15 heavy (non-hydrogen) atoms. The van der Waals surface area contributed by atoms with Crippen LogP contribution in [0, 0.1) is 0 Å². The number of hydrogen-bond donors (Lipinski definition) is 2. The number of nitrogens with two attached hydrogens (primary N) is 1. The molecule has 0 aliphatic rings. The van der Waals surface area contributed by atoms with Gasteiger partial charge in [-0.25, -0.2) is 0 Å². The number of carbonyl (C=O) groups is 1. The first-order valence-electron chi connectivity index (χ1n) is 4.06. The molecule has 0 heterocycles. The summed E-state index contributed by atoms with van der Waals surface area (Å²) in [5, 5.41) is 12.6. The van der Waals surface area contributed by atoms with E-state index in [1.807, 2.05) is 0 Å². The minimum Gasteiger partial charge on any atom is -0.550 e. The Morgan fingerprint density at radius 3 is 2.40 bits per heavy atom. The van der Waals surface area contributed by atoms with Crippen LogP contribution in [0.1, 0.15) is 12.8 Å². The zero-order valence-corrected chi connectivity index (χ0v) is 10.3. The van der Waals surface area contributed by atoms with Crippen molar-refractivity contribution in [1.82, 2.24) is 0 Å². The third-order valence-corrected chi connectivity index (χ3v) is 1.81. The number of nitrogens with one attached hydrogen (secondary N) is 1. The van der Waals surface area contributed by atoms with Gasteiger partial charge in [0, 0.05) is 12.5 Å². The molecular formula is C8H9N2NaO4. The molecule has 0 fully saturated rings. The number of hydrogen-bond acceptors (Lipinski definition) is 6. The van der Waals surface area contributed by atoms with Crippen LogP contribution in [0.25, 0.3) is 0 Å². The predicted molar refractivity (Wildman–Crippen MR) is 48.5 cm³/mol. The Morgan fingerprint density at radius 1 is 1.33 bits per heavy atom. The van der Waals surface area contributed by atoms with E-state index in [4.69, 9.17) is 5.73 Å². The van der Waals surface area contributed by atoms with E-state index in [9.17, 15) is 19.5 Å². The van der Waals surface area contributed by atoms with Crippen molar-refractivity contribution in [2.75, 3.05) is 17.6 Å². The van der Waals surface area contributed by atoms with Gasteiger partial charge >= 0.3 is 29.6 Å². The molecule has 0 amide bonds. The van der Waals surface area contributed by atoms with Crippen molar-refractivity contribution in [2.24, 2.45) is 0 Å². The molecule has 1 aromatic carbocycles. The van der Waals surface area contributed by atoms with Crippen molar-refractivity contribution >= 4 is 17.3 Å². The Hall–Kier alpha value is -0.850. The van der Waals surface area contributed by atoms with E-state index in [2.05, 4.69) is 5.32 Å². The van der Waals surface area contributed by atoms with Crippen LogP contribution >= 0.6 is 0 Å². The fourth-order valence-corrected chi connectivity index (χ4v) is 1.03. The van der Waals surface area contributed by atoms with Crippen LogP contribution in [0.4, 0.5) is 11.4 Å². The van der Waals surface area contributed by atoms with E-state index in [-0.39, 0.29) is 53.9 Å². The van der Waals surface area contributed by atoms with Crippen molar-refractivity contribution < 1.29 is 39.5 Å². The Morgan fingerprint density at radius 2 is 1.93 bits per heavy atom. The van der Waals surface area contributed by atoms with Crippen LogP contribution in [0.2, 0.25) is 0 Å². The van der Waals surface area contributed by atoms with Crippen molar-refractivity contribution in [3.05, 3.63) is 20.4 Å². The third-order valence-electron chi connectivity index (χ3n) is 1.81. The number of aliphatic carboxylic acids is 1. The summed E-state index contributed by atoms with van der Waals surface area (Å²) in [7, 11) is 0. The van der Waals surface area contributed by atoms with Gasteiger partial charge in [-0.2, -0.15) is 0 Å². The van der Waals surface area contributed by atoms with Crippen molar-refractivity contribution in [1.29, 1.82) is 0 Å². The van der Waals surface area contributed by atoms with Gasteiger partial charge in [-0.05, 0) is 12.8 Å². The Balaban J connectivity index is 0.00000196. The molecule has 1 aromatic rings. The van der Waals surface area contributed by atoms with Crippen LogP contribution in [0.3, 0.4) is 0 Å². The van der Waals surface area contributed by atoms with Crippen LogP contribution in [0.5, 0.6) is 0 Å². The summed E-state index contributed by atoms with van der Waals surface area (Å²) in [4.78, 5) is 31.5. The first-order valence-corrected chi connectivity index (χ1v) is 4.06. The first-order chi connectivity index (χ1) is 6.54. The van der Waals surface area contributed by atoms with Gasteiger partial charge in [0.05, 0.1) is 0 Å². The van der Waals surface area contributed by atoms with E-state index in [1.54, 1.807) is 0 Å². The average molecular weight is 220 g/mol. The standard InChI is InChI=1S/C8H10N2O4.Na/c9-5-6(8(14)7(5)13)10-3-1-2-4(11)12;/h10H,1-3,9H2,(H,11,12);/q;+1/p-1. The van der Waals surface area contributed by atoms with Crippen molar-refractivity contribution in [3.63, 3.8) is 0 Å². The van der Waals surface area contributed by atoms with Gasteiger partial charge in [0.15, 0.2) is 0 Å². The SMILES string of the molecule is Nc1c(NCCCC(=O)[O-])c(=O)c1=O.[Na+]. The molecule has 7 heteroatoms. The number of carboxylic acids is 1. The second kappa shape index (κ2) is 5.89. The smallest absolute Gasteiger partial charge is 0.550 e. The van der Waals surface area contributed by atoms with Crippen molar-refractivity contribution in [3.8, 4) is 0 Å². The molecule has 0 spiro atoms. The molecule has 0 unspecified atom stereocenters. The minimum absolute atomic E-state index is 0. The molecular weight excluding hydrogens is 211 g/mol. The second-order valence-electron chi connectivity index (χ2n) is 2.85. The molecule has 0 aromatic heterocycles. The van der Waals surface area contributed by atoms with Gasteiger partial charge in [0.25, 0.3) is 10.9 Å². The molecule has 1 rings (SSSR count). The minimum atomic E-state index is -1.15. The Kier molecular flexibility index (Phi) is 5.56. The molecule has 0 radical (unpaired) electrons. The first kappa shape index (κ1) is 14.2. The van der Waals surface area contributed by atoms with E-state index >= 15 is 0 Å². The van der Waals surface area contributed by atoms with Gasteiger partial charge in [-0.1, -0.05) is 0 Å². The number of rotatable bonds is 5. The molecule has 0 saturated heterocycles. The predicted octanol–water partition coefficient (Wildman–Crippen LogP) is -5.19. The molecule has 0 atom stereocenters. The maximum atomic E-state index is 10.8. The molecule has 0 aliphatic carbocycles. The fraction of sp³-hybridized carbons (Fsp3) is 0.375. The summed E-state index contributed by atoms with van der Waals surface area (Å²) >= 11 is 0. The van der Waals surface area contributed by atoms with Crippen molar-refractivity contribution in [2.45, 2.75) is 12.8 Å². The van der Waals surface area contributed by atoms with Crippen LogP contribution < -0.4 is 56.6 Å². The molecule has 6 nitrogen and oxygen atoms in total. The van der Waals surface area contributed by atoms with E-state index in [0.29, 0.717) is 6.42 Å². The van der Waals surface area contributed by atoms with Gasteiger partial charge < -0.3 is 21.0 Å². The maximum absolute atomic E-state index is 10.8. The van der Waals surface area contributed by atoms with Crippen LogP contribution in [-0.4, -0.2) is 12.5 Å². The number of carboxylic acid groups (broad SMARTS) is 1. The number of nitrogen functional groups attached to an aromatic ring is 1. The Labute approximate surface area is 107 Å². The molecule has 0 saturated carbocycles. The molecule has 76 valence electrons. The largest absolute Gasteiger partial charge is 1.00 e. The average Bonchev–Trinajstić information content (AvgIpc) is 2.15. The molecule has 0 bridgehead atoms. The second-order valence-corrected chi connectivity index (χ2v) is 2.85. The summed E-state index contributed by atoms with van der Waals surface area (Å²) in [5.74, 6) is -1.15. The van der Waals surface area contributed by atoms with E-state index in [0.717, 1.165) is 0 Å². The Bertz CT molecular complexity index is 422. The van der Waals surface area contributed by atoms with E-state index in [1.165, 1.54) is 0 Å². The quantitative estimate of drug-likeness (QED) is 0.291. The zero-order chi connectivity index (χ0) is 10.7. The maximum Gasteiger partial charge on any atom is 1.00 e. The van der Waals surface area contributed by atoms with Crippen LogP contribution in [-0.2, 0) is 4.79 Å². The third kappa shape index (κ3) is 3.33. The van der Waals surface area contributed by atoms with Gasteiger partial charge in [0.2, 0.25) is 0 Å². The van der Waals surface area contributed by atoms with E-state index < -0.39 is 16.8 Å². The molecule has 3 N–H and O–H groups in total. The molecule has 0 aliphatic heterocycles. The normalized spacial score (nSPS) is 9.60. The summed E-state index contributed by atoms with van der Waals surface area (Å²) in [6.07, 6.45) is 0.225.